The highest BCUT2D eigenvalue weighted by atomic mass is 15.3. The van der Waals surface area contributed by atoms with Crippen molar-refractivity contribution >= 4 is 17.0 Å². The molecule has 104 valence electrons. The van der Waals surface area contributed by atoms with Crippen LogP contribution in [0.4, 0.5) is 5.82 Å². The molecule has 0 saturated carbocycles. The molecular weight excluding hydrogens is 252 g/mol. The van der Waals surface area contributed by atoms with Crippen LogP contribution in [0.15, 0.2) is 24.5 Å². The van der Waals surface area contributed by atoms with Gasteiger partial charge in [0.25, 0.3) is 0 Å². The molecule has 0 unspecified atom stereocenters. The Kier molecular flexibility index (Phi) is 2.97. The third kappa shape index (κ3) is 2.10. The zero-order chi connectivity index (χ0) is 13.4. The maximum atomic E-state index is 4.62. The van der Waals surface area contributed by atoms with E-state index in [1.165, 1.54) is 0 Å². The van der Waals surface area contributed by atoms with Crippen molar-refractivity contribution in [3.63, 3.8) is 0 Å². The molecular formula is C14H18N6. The minimum Gasteiger partial charge on any atom is -0.354 e. The first-order valence-electron chi connectivity index (χ1n) is 7.18. The SMILES string of the molecule is c1cnc2nc(N3CCN(C4CNC4)CC3)ccc2n1. The van der Waals surface area contributed by atoms with Gasteiger partial charge in [0.1, 0.15) is 11.3 Å². The van der Waals surface area contributed by atoms with Gasteiger partial charge in [0.2, 0.25) is 0 Å². The van der Waals surface area contributed by atoms with E-state index < -0.39 is 0 Å². The molecule has 0 aliphatic carbocycles. The van der Waals surface area contributed by atoms with Gasteiger partial charge >= 0.3 is 0 Å². The molecule has 2 saturated heterocycles. The van der Waals surface area contributed by atoms with E-state index >= 15 is 0 Å². The van der Waals surface area contributed by atoms with Gasteiger partial charge in [-0.25, -0.2) is 9.97 Å². The van der Waals surface area contributed by atoms with Gasteiger partial charge < -0.3 is 10.2 Å². The van der Waals surface area contributed by atoms with Crippen LogP contribution in [0.5, 0.6) is 0 Å². The number of nitrogens with zero attached hydrogens (tertiary/aromatic N) is 5. The Morgan fingerprint density at radius 2 is 1.80 bits per heavy atom. The summed E-state index contributed by atoms with van der Waals surface area (Å²) in [6.07, 6.45) is 3.40. The van der Waals surface area contributed by atoms with Crippen LogP contribution in [0, 0.1) is 0 Å². The molecule has 20 heavy (non-hydrogen) atoms. The Bertz CT molecular complexity index is 603. The van der Waals surface area contributed by atoms with Gasteiger partial charge in [-0.15, -0.1) is 0 Å². The van der Waals surface area contributed by atoms with E-state index in [0.29, 0.717) is 0 Å². The van der Waals surface area contributed by atoms with E-state index in [1.807, 2.05) is 6.07 Å². The lowest BCUT2D eigenvalue weighted by molar-refractivity contribution is 0.137. The topological polar surface area (TPSA) is 57.2 Å². The summed E-state index contributed by atoms with van der Waals surface area (Å²) in [6, 6.07) is 4.80. The number of hydrogen-bond donors (Lipinski definition) is 1. The van der Waals surface area contributed by atoms with Gasteiger partial charge in [-0.3, -0.25) is 9.88 Å². The maximum Gasteiger partial charge on any atom is 0.180 e. The van der Waals surface area contributed by atoms with Crippen molar-refractivity contribution in [1.29, 1.82) is 0 Å². The average Bonchev–Trinajstić information content (AvgIpc) is 2.46. The molecule has 2 aromatic rings. The minimum atomic E-state index is 0.732. The second kappa shape index (κ2) is 4.96. The molecule has 4 rings (SSSR count). The van der Waals surface area contributed by atoms with Crippen LogP contribution >= 0.6 is 0 Å². The number of fused-ring (bicyclic) bond motifs is 1. The molecule has 0 bridgehead atoms. The smallest absolute Gasteiger partial charge is 0.180 e. The molecule has 4 heterocycles. The van der Waals surface area contributed by atoms with Crippen LogP contribution in [-0.2, 0) is 0 Å². The standard InChI is InChI=1S/C14H18N6/c1-2-13(18-14-12(1)16-3-4-17-14)20-7-5-19(6-8-20)11-9-15-10-11/h1-4,11,15H,5-10H2. The van der Waals surface area contributed by atoms with Crippen molar-refractivity contribution in [3.05, 3.63) is 24.5 Å². The third-order valence-electron chi connectivity index (χ3n) is 4.23. The van der Waals surface area contributed by atoms with Crippen molar-refractivity contribution in [2.24, 2.45) is 0 Å². The zero-order valence-electron chi connectivity index (χ0n) is 11.4. The van der Waals surface area contributed by atoms with Crippen LogP contribution in [0.2, 0.25) is 0 Å². The predicted octanol–water partition coefficient (Wildman–Crippen LogP) is 0.119. The predicted molar refractivity (Wildman–Crippen MR) is 77.8 cm³/mol. The fourth-order valence-electron chi connectivity index (χ4n) is 2.87. The number of anilines is 1. The molecule has 2 aromatic heterocycles. The third-order valence-corrected chi connectivity index (χ3v) is 4.23. The van der Waals surface area contributed by atoms with E-state index in [4.69, 9.17) is 0 Å². The van der Waals surface area contributed by atoms with Crippen LogP contribution < -0.4 is 10.2 Å². The monoisotopic (exact) mass is 270 g/mol. The van der Waals surface area contributed by atoms with Crippen molar-refractivity contribution in [2.75, 3.05) is 44.2 Å². The first kappa shape index (κ1) is 12.0. The first-order valence-corrected chi connectivity index (χ1v) is 7.18. The number of aromatic nitrogens is 3. The lowest BCUT2D eigenvalue weighted by atomic mass is 10.1. The van der Waals surface area contributed by atoms with Crippen molar-refractivity contribution in [2.45, 2.75) is 6.04 Å². The summed E-state index contributed by atoms with van der Waals surface area (Å²) in [6.45, 7) is 6.59. The highest BCUT2D eigenvalue weighted by molar-refractivity contribution is 5.71. The molecule has 6 heteroatoms. The van der Waals surface area contributed by atoms with E-state index in [1.54, 1.807) is 12.4 Å². The number of rotatable bonds is 2. The number of pyridine rings is 1. The van der Waals surface area contributed by atoms with Crippen LogP contribution in [0.25, 0.3) is 11.2 Å². The van der Waals surface area contributed by atoms with Gasteiger partial charge in [0.15, 0.2) is 5.65 Å². The van der Waals surface area contributed by atoms with Crippen molar-refractivity contribution < 1.29 is 0 Å². The van der Waals surface area contributed by atoms with Crippen LogP contribution in [0.1, 0.15) is 0 Å². The maximum absolute atomic E-state index is 4.62. The Morgan fingerprint density at radius 3 is 2.55 bits per heavy atom. The summed E-state index contributed by atoms with van der Waals surface area (Å²) < 4.78 is 0. The second-order valence-corrected chi connectivity index (χ2v) is 5.40. The zero-order valence-corrected chi connectivity index (χ0v) is 11.4. The van der Waals surface area contributed by atoms with Gasteiger partial charge in [-0.1, -0.05) is 0 Å². The Morgan fingerprint density at radius 1 is 1.00 bits per heavy atom. The number of nitrogens with one attached hydrogen (secondary N) is 1. The quantitative estimate of drug-likeness (QED) is 0.836. The van der Waals surface area contributed by atoms with Gasteiger partial charge in [0.05, 0.1) is 0 Å². The van der Waals surface area contributed by atoms with Crippen LogP contribution in [0.3, 0.4) is 0 Å². The van der Waals surface area contributed by atoms with E-state index in [-0.39, 0.29) is 0 Å². The van der Waals surface area contributed by atoms with Gasteiger partial charge in [-0.05, 0) is 12.1 Å². The summed E-state index contributed by atoms with van der Waals surface area (Å²) in [7, 11) is 0. The summed E-state index contributed by atoms with van der Waals surface area (Å²) in [5.41, 5.74) is 1.59. The molecule has 0 aromatic carbocycles. The summed E-state index contributed by atoms with van der Waals surface area (Å²) >= 11 is 0. The molecule has 2 aliphatic rings. The lowest BCUT2D eigenvalue weighted by Gasteiger charge is -2.43. The fraction of sp³-hybridized carbons (Fsp3) is 0.500. The van der Waals surface area contributed by atoms with Crippen LogP contribution in [-0.4, -0.2) is 65.2 Å². The van der Waals surface area contributed by atoms with Crippen molar-refractivity contribution in [3.8, 4) is 0 Å². The molecule has 6 nitrogen and oxygen atoms in total. The molecule has 2 fully saturated rings. The van der Waals surface area contributed by atoms with E-state index in [9.17, 15) is 0 Å². The summed E-state index contributed by atoms with van der Waals surface area (Å²) in [5.74, 6) is 1.02. The summed E-state index contributed by atoms with van der Waals surface area (Å²) in [5, 5.41) is 3.34. The Balaban J connectivity index is 1.49. The lowest BCUT2D eigenvalue weighted by Crippen LogP contribution is -2.61. The molecule has 0 radical (unpaired) electrons. The number of piperazine rings is 1. The molecule has 0 spiro atoms. The molecule has 0 amide bonds. The average molecular weight is 270 g/mol. The Hall–Kier alpha value is -1.79. The minimum absolute atomic E-state index is 0.732. The second-order valence-electron chi connectivity index (χ2n) is 5.40. The van der Waals surface area contributed by atoms with Crippen molar-refractivity contribution in [1.82, 2.24) is 25.2 Å². The van der Waals surface area contributed by atoms with Gasteiger partial charge in [-0.2, -0.15) is 0 Å². The fourth-order valence-corrected chi connectivity index (χ4v) is 2.87. The number of hydrogen-bond acceptors (Lipinski definition) is 6. The first-order chi connectivity index (χ1) is 9.90. The van der Waals surface area contributed by atoms with Gasteiger partial charge in [0, 0.05) is 57.7 Å². The molecule has 0 atom stereocenters. The largest absolute Gasteiger partial charge is 0.354 e. The van der Waals surface area contributed by atoms with E-state index in [0.717, 1.165) is 62.3 Å². The summed E-state index contributed by atoms with van der Waals surface area (Å²) in [4.78, 5) is 18.1. The highest BCUT2D eigenvalue weighted by Gasteiger charge is 2.28. The molecule has 2 aliphatic heterocycles. The normalized spacial score (nSPS) is 21.1. The Labute approximate surface area is 117 Å². The molecule has 1 N–H and O–H groups in total. The van der Waals surface area contributed by atoms with E-state index in [2.05, 4.69) is 36.1 Å². The highest BCUT2D eigenvalue weighted by Crippen LogP contribution is 2.18.